The summed E-state index contributed by atoms with van der Waals surface area (Å²) in [5.41, 5.74) is 12.0. The number of amides is 14. The number of hydrogen-bond acceptors (Lipinski definition) is 24. The summed E-state index contributed by atoms with van der Waals surface area (Å²) in [6.07, 6.45) is 1.52. The Labute approximate surface area is 715 Å². The Hall–Kier alpha value is -12.5. The Morgan fingerprint density at radius 1 is 0.423 bits per heavy atom. The van der Waals surface area contributed by atoms with Crippen molar-refractivity contribution in [2.75, 3.05) is 18.8 Å². The quantitative estimate of drug-likeness (QED) is 0.0110. The summed E-state index contributed by atoms with van der Waals surface area (Å²) in [4.78, 5) is 260. The largest absolute Gasteiger partial charge is 0.508 e. The number of imidazole rings is 2. The molecule has 0 aliphatic carbocycles. The lowest BCUT2D eigenvalue weighted by atomic mass is 9.94. The van der Waals surface area contributed by atoms with Gasteiger partial charge in [0.15, 0.2) is 5.96 Å². The number of phenolic OH excluding ortho intramolecular Hbond substituents is 1. The topological polar surface area (TPSA) is 722 Å². The van der Waals surface area contributed by atoms with E-state index in [0.29, 0.717) is 12.0 Å². The number of hydrogen-bond donors (Lipinski definition) is 26. The van der Waals surface area contributed by atoms with Gasteiger partial charge in [0.25, 0.3) is 0 Å². The number of aliphatic carboxylic acids is 4. The molecule has 14 amide bonds. The average molecular weight is 1750 g/mol. The van der Waals surface area contributed by atoms with Crippen LogP contribution >= 0.6 is 12.6 Å². The summed E-state index contributed by atoms with van der Waals surface area (Å²) >= 11 is 4.26. The molecular formula is C77H120N22O23S. The molecule has 682 valence electrons. The highest BCUT2D eigenvalue weighted by molar-refractivity contribution is 7.80. The lowest BCUT2D eigenvalue weighted by molar-refractivity contribution is -0.145. The van der Waals surface area contributed by atoms with Gasteiger partial charge in [-0.15, -0.1) is 0 Å². The monoisotopic (exact) mass is 1750 g/mol. The van der Waals surface area contributed by atoms with Crippen molar-refractivity contribution in [3.63, 3.8) is 0 Å². The number of carboxylic acid groups (broad SMARTS) is 4. The number of carbonyl (C=O) groups is 18. The van der Waals surface area contributed by atoms with Gasteiger partial charge in [-0.25, -0.2) is 14.8 Å². The van der Waals surface area contributed by atoms with Gasteiger partial charge in [0.2, 0.25) is 82.7 Å². The highest BCUT2D eigenvalue weighted by Crippen LogP contribution is 2.19. The Morgan fingerprint density at radius 3 is 1.21 bits per heavy atom. The van der Waals surface area contributed by atoms with E-state index in [2.05, 4.69) is 112 Å². The van der Waals surface area contributed by atoms with Crippen molar-refractivity contribution >= 4 is 125 Å². The molecule has 3 rings (SSSR count). The third kappa shape index (κ3) is 36.4. The second-order valence-electron chi connectivity index (χ2n) is 30.3. The molecule has 0 radical (unpaired) electrons. The Bertz CT molecular complexity index is 4100. The van der Waals surface area contributed by atoms with Gasteiger partial charge in [0.05, 0.1) is 38.1 Å². The molecule has 27 N–H and O–H groups in total. The van der Waals surface area contributed by atoms with Crippen LogP contribution < -0.4 is 91.2 Å². The van der Waals surface area contributed by atoms with E-state index >= 15 is 0 Å². The number of guanidine groups is 1. The van der Waals surface area contributed by atoms with Crippen LogP contribution in [0, 0.1) is 35.0 Å². The molecule has 2 aromatic heterocycles. The highest BCUT2D eigenvalue weighted by Gasteiger charge is 2.41. The van der Waals surface area contributed by atoms with Crippen molar-refractivity contribution in [1.29, 1.82) is 5.41 Å². The molecule has 0 unspecified atom stereocenters. The van der Waals surface area contributed by atoms with Crippen LogP contribution in [0.1, 0.15) is 157 Å². The van der Waals surface area contributed by atoms with Crippen molar-refractivity contribution in [3.8, 4) is 5.75 Å². The fraction of sp³-hybridized carbons (Fsp3) is 0.597. The van der Waals surface area contributed by atoms with Crippen LogP contribution in [0.15, 0.2) is 49.3 Å². The predicted octanol–water partition coefficient (Wildman–Crippen LogP) is -4.44. The summed E-state index contributed by atoms with van der Waals surface area (Å²) in [7, 11) is 0. The molecule has 45 nitrogen and oxygen atoms in total. The maximum absolute atomic E-state index is 14.7. The molecular weight excluding hydrogens is 1630 g/mol. The Morgan fingerprint density at radius 2 is 0.780 bits per heavy atom. The molecule has 0 aliphatic heterocycles. The van der Waals surface area contributed by atoms with Crippen LogP contribution in [-0.4, -0.2) is 261 Å². The molecule has 1 aromatic carbocycles. The number of benzene rings is 1. The summed E-state index contributed by atoms with van der Waals surface area (Å²) in [5, 5.41) is 93.9. The molecule has 0 bridgehead atoms. The number of H-pyrrole nitrogens is 2. The second-order valence-corrected chi connectivity index (χ2v) is 30.7. The van der Waals surface area contributed by atoms with Crippen LogP contribution in [0.4, 0.5) is 0 Å². The number of phenols is 1. The van der Waals surface area contributed by atoms with E-state index in [1.807, 2.05) is 0 Å². The SMILES string of the molecule is CC[C@H](C)[C@H](NC(=O)[C@H](CC(=O)O)NC(=O)[C@H](CCCNC(=N)N)NC(=O)[C@H](Cc1cnc[nH]1)NC(=O)[C@@H](NC(=O)[C@@H](NC(=O)CNC(=O)[C@H](CCC(=O)O)NC(=O)[C@H](CS)NC(=O)[C@H](Cc1cnc[nH]1)NC(=O)[C@@H](NC(=O)[C@H](Cc1ccc(O)cc1)NC(=O)[C@H](CC(=O)O)NC(=O)[C@@H](NC(=O)[C@H](C)N)[C@@H](C)CC)C(C)C)[C@@H](C)CC)[C@@H](C)CC)C(=O)O. The molecule has 0 saturated heterocycles. The average Bonchev–Trinajstić information content (AvgIpc) is 1.21. The van der Waals surface area contributed by atoms with Gasteiger partial charge in [0, 0.05) is 61.8 Å². The number of aromatic nitrogens is 4. The smallest absolute Gasteiger partial charge is 0.326 e. The molecule has 0 fully saturated rings. The van der Waals surface area contributed by atoms with E-state index in [-0.39, 0.29) is 75.0 Å². The minimum absolute atomic E-state index is 0.00939. The minimum atomic E-state index is -1.87. The zero-order chi connectivity index (χ0) is 92.7. The standard InChI is InChI=1S/C77H120N22O23S/c1-12-37(7)59(75(120)98-61(39(9)14-3)74(119)92-49(26-43-30-81-34-85-43)66(111)87-46(17-16-24-83-77(79)80)65(110)90-52(29-57(106)107)70(115)99-62(76(121)122)40(10)15-4)95-54(101)32-84-64(109)47(22-23-55(102)103)88-71(116)53(33-123)94-67(112)50(27-44-31-82-35-86-44)91-72(117)58(36(5)6)96-69(114)48(25-42-18-20-45(100)21-19-42)89-68(113)51(28-56(104)105)93-73(118)60(38(8)13-2)97-63(108)41(11)78/h18-21,30-31,34-41,46-53,58-62,100,123H,12-17,22-29,32-33,78H2,1-11H3,(H,81,85)(H,82,86)(H,84,109)(H,87,111)(H,88,116)(H,89,113)(H,90,110)(H,91,117)(H,92,119)(H,93,118)(H,94,112)(H,95,101)(H,96,114)(H,97,108)(H,98,120)(H,99,115)(H,102,103)(H,104,105)(H,106,107)(H,121,122)(H4,79,80,83)/t37-,38-,39-,40-,41-,46-,47-,48-,49-,50-,51-,52-,53-,58-,59-,60-,61-,62-/m0/s1. The first-order valence-corrected chi connectivity index (χ1v) is 40.8. The van der Waals surface area contributed by atoms with E-state index < -0.39 is 265 Å². The van der Waals surface area contributed by atoms with Gasteiger partial charge in [0.1, 0.15) is 84.3 Å². The number of thiol groups is 1. The lowest BCUT2D eigenvalue weighted by Gasteiger charge is -2.30. The van der Waals surface area contributed by atoms with Gasteiger partial charge >= 0.3 is 23.9 Å². The number of aromatic amines is 2. The van der Waals surface area contributed by atoms with Crippen molar-refractivity contribution in [2.24, 2.45) is 41.1 Å². The molecule has 18 atom stereocenters. The van der Waals surface area contributed by atoms with Crippen LogP contribution in [0.3, 0.4) is 0 Å². The summed E-state index contributed by atoms with van der Waals surface area (Å²) < 4.78 is 0. The molecule has 0 spiro atoms. The number of nitrogens with one attached hydrogen (secondary N) is 18. The van der Waals surface area contributed by atoms with Gasteiger partial charge in [-0.1, -0.05) is 107 Å². The molecule has 2 heterocycles. The van der Waals surface area contributed by atoms with Gasteiger partial charge in [-0.2, -0.15) is 12.6 Å². The van der Waals surface area contributed by atoms with Crippen molar-refractivity contribution in [3.05, 3.63) is 66.3 Å². The first kappa shape index (κ1) is 105. The molecule has 0 saturated carbocycles. The number of carboxylic acids is 4. The van der Waals surface area contributed by atoms with Gasteiger partial charge in [-0.3, -0.25) is 86.9 Å². The van der Waals surface area contributed by atoms with Crippen LogP contribution in [0.25, 0.3) is 0 Å². The van der Waals surface area contributed by atoms with Crippen LogP contribution in [0.5, 0.6) is 5.75 Å². The number of nitrogens with zero attached hydrogens (tertiary/aromatic N) is 2. The lowest BCUT2D eigenvalue weighted by Crippen LogP contribution is -2.62. The fourth-order valence-electron chi connectivity index (χ4n) is 12.0. The molecule has 123 heavy (non-hydrogen) atoms. The van der Waals surface area contributed by atoms with E-state index in [9.17, 15) is 112 Å². The highest BCUT2D eigenvalue weighted by atomic mass is 32.1. The summed E-state index contributed by atoms with van der Waals surface area (Å²) in [6.45, 7) is 16.5. The number of nitrogens with two attached hydrogens (primary N) is 2. The third-order valence-corrected chi connectivity index (χ3v) is 20.6. The van der Waals surface area contributed by atoms with E-state index in [0.717, 1.165) is 0 Å². The number of rotatable bonds is 56. The fourth-order valence-corrected chi connectivity index (χ4v) is 12.3. The van der Waals surface area contributed by atoms with E-state index in [4.69, 9.17) is 16.9 Å². The van der Waals surface area contributed by atoms with Gasteiger partial charge in [-0.05, 0) is 73.5 Å². The molecule has 3 aromatic rings. The van der Waals surface area contributed by atoms with Crippen molar-refractivity contribution < 1.29 is 112 Å². The first-order chi connectivity index (χ1) is 57.9. The maximum atomic E-state index is 14.7. The second kappa shape index (κ2) is 52.6. The summed E-state index contributed by atoms with van der Waals surface area (Å²) in [5.74, 6) is -25.0. The molecule has 0 aliphatic rings. The first-order valence-electron chi connectivity index (χ1n) is 40.2. The van der Waals surface area contributed by atoms with Crippen LogP contribution in [-0.2, 0) is 106 Å². The number of aromatic hydroxyl groups is 1. The minimum Gasteiger partial charge on any atom is -0.508 e. The normalized spacial score (nSPS) is 15.5. The van der Waals surface area contributed by atoms with Crippen LogP contribution in [0.2, 0.25) is 0 Å². The maximum Gasteiger partial charge on any atom is 0.326 e. The van der Waals surface area contributed by atoms with E-state index in [1.54, 1.807) is 48.5 Å². The third-order valence-electron chi connectivity index (χ3n) is 20.2. The summed E-state index contributed by atoms with van der Waals surface area (Å²) in [6, 6.07) is -16.6. The van der Waals surface area contributed by atoms with E-state index in [1.165, 1.54) is 77.0 Å². The molecule has 46 heteroatoms. The van der Waals surface area contributed by atoms with Crippen molar-refractivity contribution in [2.45, 2.75) is 244 Å². The zero-order valence-electron chi connectivity index (χ0n) is 70.5. The van der Waals surface area contributed by atoms with Gasteiger partial charge < -0.3 is 127 Å². The number of carbonyl (C=O) groups excluding carboxylic acids is 14. The van der Waals surface area contributed by atoms with Crippen molar-refractivity contribution in [1.82, 2.24) is 99.7 Å². The zero-order valence-corrected chi connectivity index (χ0v) is 71.4. The Kier molecular flexibility index (Phi) is 44.8. The Balaban J connectivity index is 1.91. The predicted molar refractivity (Wildman–Crippen MR) is 443 cm³/mol.